The number of aryl methyl sites for hydroxylation is 1. The Morgan fingerprint density at radius 2 is 1.45 bits per heavy atom. The minimum absolute atomic E-state index is 0.799. The Morgan fingerprint density at radius 1 is 0.727 bits per heavy atom. The Morgan fingerprint density at radius 3 is 2.18 bits per heavy atom. The fourth-order valence-corrected chi connectivity index (χ4v) is 5.22. The van der Waals surface area contributed by atoms with Crippen LogP contribution in [0.25, 0.3) is 21.8 Å². The molecule has 1 aromatic heterocycles. The summed E-state index contributed by atoms with van der Waals surface area (Å²) in [4.78, 5) is 5.07. The maximum Gasteiger partial charge on any atom is 0.165 e. The highest BCUT2D eigenvalue weighted by atomic mass is 16.5. The molecule has 1 aliphatic rings. The average Bonchev–Trinajstić information content (AvgIpc) is 3.18. The van der Waals surface area contributed by atoms with Gasteiger partial charge in [-0.05, 0) is 36.8 Å². The highest BCUT2D eigenvalue weighted by molar-refractivity contribution is 6.08. The lowest BCUT2D eigenvalue weighted by atomic mass is 10.1. The largest absolute Gasteiger partial charge is 0.493 e. The monoisotopic (exact) mass is 443 g/mol. The van der Waals surface area contributed by atoms with Gasteiger partial charge in [0.15, 0.2) is 11.5 Å². The van der Waals surface area contributed by atoms with E-state index in [0.29, 0.717) is 0 Å². The summed E-state index contributed by atoms with van der Waals surface area (Å²) in [6.45, 7) is 9.34. The predicted octanol–water partition coefficient (Wildman–Crippen LogP) is 5.15. The number of benzene rings is 3. The first kappa shape index (κ1) is 21.8. The van der Waals surface area contributed by atoms with Gasteiger partial charge in [-0.25, -0.2) is 0 Å². The summed E-state index contributed by atoms with van der Waals surface area (Å²) >= 11 is 0. The number of fused-ring (bicyclic) bond motifs is 3. The quantitative estimate of drug-likeness (QED) is 0.395. The number of aromatic nitrogens is 1. The molecule has 5 rings (SSSR count). The fourth-order valence-electron chi connectivity index (χ4n) is 5.22. The molecule has 0 aliphatic carbocycles. The second-order valence-electron chi connectivity index (χ2n) is 8.82. The van der Waals surface area contributed by atoms with Crippen molar-refractivity contribution >= 4 is 21.8 Å². The van der Waals surface area contributed by atoms with Crippen LogP contribution in [0, 0.1) is 0 Å². The molecule has 1 fully saturated rings. The Balaban J connectivity index is 1.27. The van der Waals surface area contributed by atoms with E-state index >= 15 is 0 Å². The first-order valence-electron chi connectivity index (χ1n) is 11.9. The molecule has 5 nitrogen and oxygen atoms in total. The molecule has 2 heterocycles. The van der Waals surface area contributed by atoms with Gasteiger partial charge < -0.3 is 14.0 Å². The number of rotatable bonds is 7. The molecule has 1 saturated heterocycles. The van der Waals surface area contributed by atoms with Crippen LogP contribution in [0.1, 0.15) is 18.1 Å². The van der Waals surface area contributed by atoms with Crippen LogP contribution in [0.2, 0.25) is 0 Å². The SMILES string of the molecule is CCn1c2ccccc2c2cc(CN3CCN(Cc4cccc(OC)c4OC)CC3)ccc21. The molecule has 33 heavy (non-hydrogen) atoms. The second kappa shape index (κ2) is 9.46. The van der Waals surface area contributed by atoms with Gasteiger partial charge in [0.1, 0.15) is 0 Å². The Kier molecular flexibility index (Phi) is 6.25. The molecule has 0 amide bonds. The Bertz CT molecular complexity index is 1250. The molecule has 0 atom stereocenters. The minimum atomic E-state index is 0.799. The van der Waals surface area contributed by atoms with Crippen LogP contribution in [-0.4, -0.2) is 54.8 Å². The van der Waals surface area contributed by atoms with Gasteiger partial charge >= 0.3 is 0 Å². The van der Waals surface area contributed by atoms with Crippen molar-refractivity contribution in [3.05, 3.63) is 71.8 Å². The summed E-state index contributed by atoms with van der Waals surface area (Å²) in [7, 11) is 3.41. The molecule has 0 spiro atoms. The number of hydrogen-bond donors (Lipinski definition) is 0. The molecular formula is C28H33N3O2. The third-order valence-electron chi connectivity index (χ3n) is 6.90. The van der Waals surface area contributed by atoms with Gasteiger partial charge in [0, 0.05) is 73.2 Å². The first-order valence-corrected chi connectivity index (χ1v) is 11.9. The van der Waals surface area contributed by atoms with Gasteiger partial charge in [0.25, 0.3) is 0 Å². The van der Waals surface area contributed by atoms with Crippen molar-refractivity contribution in [1.82, 2.24) is 14.4 Å². The third kappa shape index (κ3) is 4.19. The number of ether oxygens (including phenoxy) is 2. The van der Waals surface area contributed by atoms with Gasteiger partial charge in [-0.2, -0.15) is 0 Å². The van der Waals surface area contributed by atoms with Crippen molar-refractivity contribution < 1.29 is 9.47 Å². The van der Waals surface area contributed by atoms with Gasteiger partial charge in [0.2, 0.25) is 0 Å². The molecule has 1 aliphatic heterocycles. The van der Waals surface area contributed by atoms with Crippen molar-refractivity contribution in [2.24, 2.45) is 0 Å². The Hall–Kier alpha value is -3.02. The molecule has 0 bridgehead atoms. The van der Waals surface area contributed by atoms with Crippen LogP contribution in [0.15, 0.2) is 60.7 Å². The van der Waals surface area contributed by atoms with Crippen LogP contribution in [0.4, 0.5) is 0 Å². The number of hydrogen-bond acceptors (Lipinski definition) is 4. The van der Waals surface area contributed by atoms with Crippen molar-refractivity contribution in [2.45, 2.75) is 26.6 Å². The summed E-state index contributed by atoms with van der Waals surface area (Å²) in [5.74, 6) is 1.65. The smallest absolute Gasteiger partial charge is 0.165 e. The molecular weight excluding hydrogens is 410 g/mol. The van der Waals surface area contributed by atoms with Crippen LogP contribution in [0.3, 0.4) is 0 Å². The highest BCUT2D eigenvalue weighted by Gasteiger charge is 2.20. The highest BCUT2D eigenvalue weighted by Crippen LogP contribution is 2.32. The molecule has 0 unspecified atom stereocenters. The van der Waals surface area contributed by atoms with E-state index in [2.05, 4.69) is 69.8 Å². The minimum Gasteiger partial charge on any atom is -0.493 e. The summed E-state index contributed by atoms with van der Waals surface area (Å²) in [6, 6.07) is 21.9. The van der Waals surface area contributed by atoms with Crippen LogP contribution in [0.5, 0.6) is 11.5 Å². The van der Waals surface area contributed by atoms with Crippen LogP contribution in [-0.2, 0) is 19.6 Å². The molecule has 5 heteroatoms. The van der Waals surface area contributed by atoms with E-state index in [-0.39, 0.29) is 0 Å². The van der Waals surface area contributed by atoms with Crippen LogP contribution >= 0.6 is 0 Å². The zero-order valence-corrected chi connectivity index (χ0v) is 19.9. The average molecular weight is 444 g/mol. The molecule has 3 aromatic carbocycles. The fraction of sp³-hybridized carbons (Fsp3) is 0.357. The summed E-state index contributed by atoms with van der Waals surface area (Å²) in [5, 5.41) is 2.72. The van der Waals surface area contributed by atoms with E-state index < -0.39 is 0 Å². The van der Waals surface area contributed by atoms with Gasteiger partial charge in [-0.1, -0.05) is 36.4 Å². The lowest BCUT2D eigenvalue weighted by Gasteiger charge is -2.35. The topological polar surface area (TPSA) is 29.9 Å². The molecule has 172 valence electrons. The zero-order chi connectivity index (χ0) is 22.8. The number of para-hydroxylation sites is 2. The van der Waals surface area contributed by atoms with Crippen molar-refractivity contribution in [1.29, 1.82) is 0 Å². The van der Waals surface area contributed by atoms with Crippen LogP contribution < -0.4 is 9.47 Å². The van der Waals surface area contributed by atoms with E-state index in [9.17, 15) is 0 Å². The summed E-state index contributed by atoms with van der Waals surface area (Å²) in [5.41, 5.74) is 5.24. The number of nitrogens with zero attached hydrogens (tertiary/aromatic N) is 3. The summed E-state index contributed by atoms with van der Waals surface area (Å²) < 4.78 is 13.5. The number of methoxy groups -OCH3 is 2. The van der Waals surface area contributed by atoms with Gasteiger partial charge in [-0.3, -0.25) is 9.80 Å². The lowest BCUT2D eigenvalue weighted by molar-refractivity contribution is 0.121. The molecule has 4 aromatic rings. The van der Waals surface area contributed by atoms with Crippen molar-refractivity contribution in [3.63, 3.8) is 0 Å². The normalized spacial score (nSPS) is 15.4. The number of piperazine rings is 1. The van der Waals surface area contributed by atoms with E-state index in [0.717, 1.165) is 57.3 Å². The van der Waals surface area contributed by atoms with E-state index in [1.165, 1.54) is 32.9 Å². The third-order valence-corrected chi connectivity index (χ3v) is 6.90. The summed E-state index contributed by atoms with van der Waals surface area (Å²) in [6.07, 6.45) is 0. The maximum absolute atomic E-state index is 5.62. The zero-order valence-electron chi connectivity index (χ0n) is 19.9. The van der Waals surface area contributed by atoms with E-state index in [1.54, 1.807) is 14.2 Å². The lowest BCUT2D eigenvalue weighted by Crippen LogP contribution is -2.45. The molecule has 0 saturated carbocycles. The molecule has 0 N–H and O–H groups in total. The molecule has 0 radical (unpaired) electrons. The maximum atomic E-state index is 5.62. The predicted molar refractivity (Wildman–Crippen MR) is 135 cm³/mol. The first-order chi connectivity index (χ1) is 16.2. The standard InChI is InChI=1S/C28H33N3O2/c1-4-31-25-10-6-5-9-23(25)24-18-21(12-13-26(24)31)19-29-14-16-30(17-15-29)20-22-8-7-11-27(32-2)28(22)33-3/h5-13,18H,4,14-17,19-20H2,1-3H3. The van der Waals surface area contributed by atoms with Crippen molar-refractivity contribution in [2.75, 3.05) is 40.4 Å². The second-order valence-corrected chi connectivity index (χ2v) is 8.82. The van der Waals surface area contributed by atoms with E-state index in [1.807, 2.05) is 12.1 Å². The Labute approximate surface area is 196 Å². The van der Waals surface area contributed by atoms with Gasteiger partial charge in [-0.15, -0.1) is 0 Å². The van der Waals surface area contributed by atoms with Crippen molar-refractivity contribution in [3.8, 4) is 11.5 Å². The van der Waals surface area contributed by atoms with E-state index in [4.69, 9.17) is 9.47 Å². The van der Waals surface area contributed by atoms with Gasteiger partial charge in [0.05, 0.1) is 14.2 Å².